The average Bonchev–Trinajstić information content (AvgIpc) is 2.23. The Hall–Kier alpha value is -1.79. The van der Waals surface area contributed by atoms with Crippen molar-refractivity contribution in [1.82, 2.24) is 15.5 Å². The third-order valence-electron chi connectivity index (χ3n) is 2.17. The minimum absolute atomic E-state index is 0.261. The van der Waals surface area contributed by atoms with Crippen LogP contribution in [-0.4, -0.2) is 53.6 Å². The van der Waals surface area contributed by atoms with Crippen LogP contribution in [0.5, 0.6) is 0 Å². The van der Waals surface area contributed by atoms with Gasteiger partial charge in [0, 0.05) is 13.1 Å². The highest BCUT2D eigenvalue weighted by Gasteiger charge is 2.22. The molecule has 0 saturated carbocycles. The Balaban J connectivity index is 4.53. The fraction of sp³-hybridized carbons (Fsp3) is 0.700. The number of carbonyl (C=O) groups excluding carboxylic acids is 2. The molecule has 17 heavy (non-hydrogen) atoms. The molecule has 7 heteroatoms. The lowest BCUT2D eigenvalue weighted by molar-refractivity contribution is -0.138. The van der Waals surface area contributed by atoms with Crippen LogP contribution < -0.4 is 10.6 Å². The van der Waals surface area contributed by atoms with E-state index in [4.69, 9.17) is 5.11 Å². The van der Waals surface area contributed by atoms with E-state index in [9.17, 15) is 14.4 Å². The lowest BCUT2D eigenvalue weighted by atomic mass is 10.3. The molecule has 0 bridgehead atoms. The van der Waals surface area contributed by atoms with Gasteiger partial charge in [0.15, 0.2) is 0 Å². The molecule has 0 aliphatic rings. The molecule has 98 valence electrons. The summed E-state index contributed by atoms with van der Waals surface area (Å²) in [6.07, 6.45) is 0. The molecule has 0 aromatic carbocycles. The fourth-order valence-electron chi connectivity index (χ4n) is 1.18. The minimum atomic E-state index is -1.10. The molecular weight excluding hydrogens is 226 g/mol. The van der Waals surface area contributed by atoms with Crippen LogP contribution in [0.1, 0.15) is 20.8 Å². The summed E-state index contributed by atoms with van der Waals surface area (Å²) in [6.45, 7) is 4.53. The molecule has 1 atom stereocenters. The topological polar surface area (TPSA) is 98.7 Å². The third kappa shape index (κ3) is 5.19. The predicted octanol–water partition coefficient (Wildman–Crippen LogP) is -0.374. The van der Waals surface area contributed by atoms with Gasteiger partial charge in [0.1, 0.15) is 12.6 Å². The highest BCUT2D eigenvalue weighted by Crippen LogP contribution is 1.99. The summed E-state index contributed by atoms with van der Waals surface area (Å²) in [7, 11) is 1.46. The number of amides is 3. The number of carbonyl (C=O) groups is 3. The molecule has 1 unspecified atom stereocenters. The van der Waals surface area contributed by atoms with E-state index in [1.807, 2.05) is 0 Å². The number of rotatable bonds is 5. The van der Waals surface area contributed by atoms with Crippen molar-refractivity contribution >= 4 is 17.9 Å². The van der Waals surface area contributed by atoms with Crippen LogP contribution in [-0.2, 0) is 9.59 Å². The van der Waals surface area contributed by atoms with Crippen LogP contribution in [0.4, 0.5) is 4.79 Å². The maximum atomic E-state index is 11.7. The first-order valence-corrected chi connectivity index (χ1v) is 5.30. The number of hydrogen-bond acceptors (Lipinski definition) is 3. The Kier molecular flexibility index (Phi) is 6.01. The normalized spacial score (nSPS) is 11.8. The summed E-state index contributed by atoms with van der Waals surface area (Å²) < 4.78 is 0. The van der Waals surface area contributed by atoms with Gasteiger partial charge < -0.3 is 20.6 Å². The van der Waals surface area contributed by atoms with Gasteiger partial charge in [0.2, 0.25) is 5.91 Å². The van der Waals surface area contributed by atoms with Gasteiger partial charge in [0.05, 0.1) is 0 Å². The standard InChI is InChI=1S/C10H19N3O4/c1-6(2)13(5-8(14)15)10(17)12-7(3)9(16)11-4/h6-7H,5H2,1-4H3,(H,11,16)(H,12,17)(H,14,15). The zero-order valence-corrected chi connectivity index (χ0v) is 10.5. The molecule has 7 nitrogen and oxygen atoms in total. The number of hydrogen-bond donors (Lipinski definition) is 3. The number of carboxylic acid groups (broad SMARTS) is 1. The molecule has 0 spiro atoms. The van der Waals surface area contributed by atoms with Gasteiger partial charge in [-0.15, -0.1) is 0 Å². The Morgan fingerprint density at radius 1 is 1.24 bits per heavy atom. The van der Waals surface area contributed by atoms with E-state index in [-0.39, 0.29) is 11.9 Å². The first-order valence-electron chi connectivity index (χ1n) is 5.30. The summed E-state index contributed by atoms with van der Waals surface area (Å²) in [5, 5.41) is 13.5. The Labute approximate surface area is 100 Å². The second-order valence-electron chi connectivity index (χ2n) is 3.90. The highest BCUT2D eigenvalue weighted by atomic mass is 16.4. The van der Waals surface area contributed by atoms with E-state index in [1.54, 1.807) is 13.8 Å². The monoisotopic (exact) mass is 245 g/mol. The van der Waals surface area contributed by atoms with Crippen molar-refractivity contribution in [3.63, 3.8) is 0 Å². The lowest BCUT2D eigenvalue weighted by Gasteiger charge is -2.26. The Bertz CT molecular complexity index is 304. The third-order valence-corrected chi connectivity index (χ3v) is 2.17. The quantitative estimate of drug-likeness (QED) is 0.615. The maximum absolute atomic E-state index is 11.7. The minimum Gasteiger partial charge on any atom is -0.480 e. The van der Waals surface area contributed by atoms with Crippen molar-refractivity contribution in [2.75, 3.05) is 13.6 Å². The molecule has 0 aromatic heterocycles. The van der Waals surface area contributed by atoms with Crippen LogP contribution in [0.15, 0.2) is 0 Å². The molecule has 0 aliphatic heterocycles. The number of carboxylic acids is 1. The largest absolute Gasteiger partial charge is 0.480 e. The van der Waals surface area contributed by atoms with Crippen LogP contribution >= 0.6 is 0 Å². The van der Waals surface area contributed by atoms with E-state index in [2.05, 4.69) is 10.6 Å². The fourth-order valence-corrected chi connectivity index (χ4v) is 1.18. The predicted molar refractivity (Wildman–Crippen MR) is 61.5 cm³/mol. The van der Waals surface area contributed by atoms with Crippen molar-refractivity contribution in [3.05, 3.63) is 0 Å². The summed E-state index contributed by atoms with van der Waals surface area (Å²) >= 11 is 0. The molecule has 3 N–H and O–H groups in total. The van der Waals surface area contributed by atoms with Gasteiger partial charge in [-0.3, -0.25) is 9.59 Å². The zero-order chi connectivity index (χ0) is 13.6. The van der Waals surface area contributed by atoms with Crippen molar-refractivity contribution in [1.29, 1.82) is 0 Å². The van der Waals surface area contributed by atoms with Crippen LogP contribution in [0, 0.1) is 0 Å². The number of likely N-dealkylation sites (N-methyl/N-ethyl adjacent to an activating group) is 1. The van der Waals surface area contributed by atoms with Crippen molar-refractivity contribution in [2.45, 2.75) is 32.9 Å². The Morgan fingerprint density at radius 2 is 1.76 bits per heavy atom. The molecule has 0 saturated heterocycles. The molecule has 0 fully saturated rings. The lowest BCUT2D eigenvalue weighted by Crippen LogP contribution is -2.52. The zero-order valence-electron chi connectivity index (χ0n) is 10.5. The van der Waals surface area contributed by atoms with Crippen LogP contribution in [0.3, 0.4) is 0 Å². The molecule has 0 radical (unpaired) electrons. The second kappa shape index (κ2) is 6.72. The van der Waals surface area contributed by atoms with Gasteiger partial charge in [-0.25, -0.2) is 4.79 Å². The summed E-state index contributed by atoms with van der Waals surface area (Å²) in [6, 6.07) is -1.54. The van der Waals surface area contributed by atoms with Gasteiger partial charge in [0.25, 0.3) is 0 Å². The summed E-state index contributed by atoms with van der Waals surface area (Å²) in [5.74, 6) is -1.43. The SMILES string of the molecule is CNC(=O)C(C)NC(=O)N(CC(=O)O)C(C)C. The average molecular weight is 245 g/mol. The van der Waals surface area contributed by atoms with Crippen molar-refractivity contribution in [3.8, 4) is 0 Å². The summed E-state index contributed by atoms with van der Waals surface area (Å²) in [5.41, 5.74) is 0. The van der Waals surface area contributed by atoms with Crippen LogP contribution in [0.25, 0.3) is 0 Å². The first kappa shape index (κ1) is 15.2. The number of aliphatic carboxylic acids is 1. The van der Waals surface area contributed by atoms with Gasteiger partial charge in [-0.1, -0.05) is 0 Å². The molecule has 0 heterocycles. The van der Waals surface area contributed by atoms with Gasteiger partial charge >= 0.3 is 12.0 Å². The number of urea groups is 1. The van der Waals surface area contributed by atoms with E-state index >= 15 is 0 Å². The molecule has 3 amide bonds. The molecule has 0 aliphatic carbocycles. The van der Waals surface area contributed by atoms with Gasteiger partial charge in [-0.2, -0.15) is 0 Å². The Morgan fingerprint density at radius 3 is 2.12 bits per heavy atom. The molecular formula is C10H19N3O4. The van der Waals surface area contributed by atoms with Crippen LogP contribution in [0.2, 0.25) is 0 Å². The molecule has 0 rings (SSSR count). The van der Waals surface area contributed by atoms with Gasteiger partial charge in [-0.05, 0) is 20.8 Å². The number of nitrogens with one attached hydrogen (secondary N) is 2. The smallest absolute Gasteiger partial charge is 0.323 e. The van der Waals surface area contributed by atoms with E-state index < -0.39 is 24.6 Å². The number of nitrogens with zero attached hydrogens (tertiary/aromatic N) is 1. The van der Waals surface area contributed by atoms with E-state index in [0.717, 1.165) is 4.90 Å². The first-order chi connectivity index (χ1) is 7.79. The maximum Gasteiger partial charge on any atom is 0.323 e. The van der Waals surface area contributed by atoms with E-state index in [0.29, 0.717) is 0 Å². The highest BCUT2D eigenvalue weighted by molar-refractivity contribution is 5.87. The van der Waals surface area contributed by atoms with Crippen molar-refractivity contribution < 1.29 is 19.5 Å². The second-order valence-corrected chi connectivity index (χ2v) is 3.90. The summed E-state index contributed by atoms with van der Waals surface area (Å²) in [4.78, 5) is 34.7. The van der Waals surface area contributed by atoms with E-state index in [1.165, 1.54) is 14.0 Å². The van der Waals surface area contributed by atoms with Crippen molar-refractivity contribution in [2.24, 2.45) is 0 Å². The molecule has 0 aromatic rings.